The Bertz CT molecular complexity index is 441. The Labute approximate surface area is 107 Å². The fourth-order valence-corrected chi connectivity index (χ4v) is 1.68. The highest BCUT2D eigenvalue weighted by Crippen LogP contribution is 2.13. The number of hydrogen-bond acceptors (Lipinski definition) is 3. The van der Waals surface area contributed by atoms with Gasteiger partial charge in [-0.25, -0.2) is 0 Å². The van der Waals surface area contributed by atoms with Crippen LogP contribution in [-0.4, -0.2) is 29.9 Å². The molecule has 0 bridgehead atoms. The minimum absolute atomic E-state index is 0.0182. The van der Waals surface area contributed by atoms with Crippen LogP contribution >= 0.6 is 0 Å². The van der Waals surface area contributed by atoms with Crippen molar-refractivity contribution in [1.29, 1.82) is 0 Å². The summed E-state index contributed by atoms with van der Waals surface area (Å²) in [6.07, 6.45) is 0.355. The Kier molecular flexibility index (Phi) is 5.52. The molecule has 18 heavy (non-hydrogen) atoms. The third-order valence-electron chi connectivity index (χ3n) is 2.71. The van der Waals surface area contributed by atoms with Gasteiger partial charge in [-0.05, 0) is 25.5 Å². The fraction of sp³-hybridized carbons (Fsp3) is 0.429. The van der Waals surface area contributed by atoms with Crippen molar-refractivity contribution in [2.45, 2.75) is 26.7 Å². The van der Waals surface area contributed by atoms with E-state index in [1.807, 2.05) is 32.0 Å². The number of amides is 1. The minimum Gasteiger partial charge on any atom is -0.395 e. The molecule has 0 aliphatic heterocycles. The maximum absolute atomic E-state index is 12.0. The second-order valence-electron chi connectivity index (χ2n) is 4.32. The lowest BCUT2D eigenvalue weighted by atomic mass is 9.99. The van der Waals surface area contributed by atoms with Gasteiger partial charge in [0.05, 0.1) is 6.61 Å². The van der Waals surface area contributed by atoms with Gasteiger partial charge in [0, 0.05) is 24.9 Å². The highest BCUT2D eigenvalue weighted by molar-refractivity contribution is 5.99. The summed E-state index contributed by atoms with van der Waals surface area (Å²) in [5.74, 6) is -0.224. The summed E-state index contributed by atoms with van der Waals surface area (Å²) >= 11 is 0. The number of Topliss-reactive ketones (excluding diaryl/α,β-unsaturated/α-hetero) is 1. The van der Waals surface area contributed by atoms with Gasteiger partial charge < -0.3 is 10.4 Å². The predicted molar refractivity (Wildman–Crippen MR) is 69.6 cm³/mol. The standard InChI is InChI=1S/C14H19NO3/c1-10-3-4-11(2)12(9-10)13(17)5-6-14(18)15-7-8-16/h3-4,9,16H,5-8H2,1-2H3,(H,15,18). The Morgan fingerprint density at radius 1 is 1.22 bits per heavy atom. The molecule has 0 saturated carbocycles. The number of benzene rings is 1. The van der Waals surface area contributed by atoms with Crippen molar-refractivity contribution in [3.05, 3.63) is 34.9 Å². The first-order valence-electron chi connectivity index (χ1n) is 6.02. The molecule has 0 saturated heterocycles. The van der Waals surface area contributed by atoms with Crippen molar-refractivity contribution < 1.29 is 14.7 Å². The first-order chi connectivity index (χ1) is 8.54. The number of rotatable bonds is 6. The number of hydrogen-bond donors (Lipinski definition) is 2. The van der Waals surface area contributed by atoms with Crippen LogP contribution in [0.15, 0.2) is 18.2 Å². The van der Waals surface area contributed by atoms with Gasteiger partial charge in [-0.2, -0.15) is 0 Å². The molecule has 98 valence electrons. The van der Waals surface area contributed by atoms with E-state index in [2.05, 4.69) is 5.32 Å². The van der Waals surface area contributed by atoms with E-state index in [9.17, 15) is 9.59 Å². The van der Waals surface area contributed by atoms with Crippen molar-refractivity contribution in [1.82, 2.24) is 5.32 Å². The Balaban J connectivity index is 2.55. The molecule has 4 heteroatoms. The SMILES string of the molecule is Cc1ccc(C)c(C(=O)CCC(=O)NCCO)c1. The molecule has 0 aromatic heterocycles. The average Bonchev–Trinajstić information content (AvgIpc) is 2.36. The third kappa shape index (κ3) is 4.30. The molecular weight excluding hydrogens is 230 g/mol. The maximum atomic E-state index is 12.0. The van der Waals surface area contributed by atoms with E-state index >= 15 is 0 Å². The lowest BCUT2D eigenvalue weighted by Gasteiger charge is -2.06. The molecule has 4 nitrogen and oxygen atoms in total. The van der Waals surface area contributed by atoms with Gasteiger partial charge in [0.2, 0.25) is 5.91 Å². The summed E-state index contributed by atoms with van der Waals surface area (Å²) in [5.41, 5.74) is 2.65. The van der Waals surface area contributed by atoms with Gasteiger partial charge in [-0.3, -0.25) is 9.59 Å². The Morgan fingerprint density at radius 2 is 1.94 bits per heavy atom. The van der Waals surface area contributed by atoms with Crippen LogP contribution in [0.5, 0.6) is 0 Å². The number of aliphatic hydroxyl groups excluding tert-OH is 1. The van der Waals surface area contributed by atoms with E-state index in [0.717, 1.165) is 11.1 Å². The van der Waals surface area contributed by atoms with Crippen LogP contribution < -0.4 is 5.32 Å². The molecule has 0 unspecified atom stereocenters. The Morgan fingerprint density at radius 3 is 2.61 bits per heavy atom. The molecule has 0 spiro atoms. The van der Waals surface area contributed by atoms with Crippen molar-refractivity contribution >= 4 is 11.7 Å². The van der Waals surface area contributed by atoms with Crippen molar-refractivity contribution in [3.8, 4) is 0 Å². The number of aliphatic hydroxyl groups is 1. The molecular formula is C14H19NO3. The number of ketones is 1. The third-order valence-corrected chi connectivity index (χ3v) is 2.71. The minimum atomic E-state index is -0.206. The van der Waals surface area contributed by atoms with Crippen molar-refractivity contribution in [2.24, 2.45) is 0 Å². The lowest BCUT2D eigenvalue weighted by molar-refractivity contribution is -0.121. The summed E-state index contributed by atoms with van der Waals surface area (Å²) in [6.45, 7) is 3.97. The molecule has 1 amide bonds. The summed E-state index contributed by atoms with van der Waals surface area (Å²) in [6, 6.07) is 5.72. The van der Waals surface area contributed by atoms with Crippen LogP contribution in [0.1, 0.15) is 34.3 Å². The highest BCUT2D eigenvalue weighted by Gasteiger charge is 2.11. The van der Waals surface area contributed by atoms with E-state index in [4.69, 9.17) is 5.11 Å². The maximum Gasteiger partial charge on any atom is 0.220 e. The summed E-state index contributed by atoms with van der Waals surface area (Å²) in [7, 11) is 0. The van der Waals surface area contributed by atoms with Crippen molar-refractivity contribution in [3.63, 3.8) is 0 Å². The number of aryl methyl sites for hydroxylation is 2. The normalized spacial score (nSPS) is 10.2. The molecule has 0 fully saturated rings. The van der Waals surface area contributed by atoms with Gasteiger partial charge >= 0.3 is 0 Å². The molecule has 1 aromatic rings. The average molecular weight is 249 g/mol. The number of nitrogens with one attached hydrogen (secondary N) is 1. The molecule has 0 radical (unpaired) electrons. The Hall–Kier alpha value is -1.68. The van der Waals surface area contributed by atoms with E-state index in [-0.39, 0.29) is 37.7 Å². The predicted octanol–water partition coefficient (Wildman–Crippen LogP) is 1.37. The molecule has 1 rings (SSSR count). The largest absolute Gasteiger partial charge is 0.395 e. The van der Waals surface area contributed by atoms with Crippen LogP contribution in [-0.2, 0) is 4.79 Å². The summed E-state index contributed by atoms with van der Waals surface area (Å²) in [4.78, 5) is 23.3. The van der Waals surface area contributed by atoms with E-state index in [1.54, 1.807) is 0 Å². The smallest absolute Gasteiger partial charge is 0.220 e. The summed E-state index contributed by atoms with van der Waals surface area (Å²) < 4.78 is 0. The van der Waals surface area contributed by atoms with E-state index in [0.29, 0.717) is 5.56 Å². The van der Waals surface area contributed by atoms with Gasteiger partial charge in [0.25, 0.3) is 0 Å². The lowest BCUT2D eigenvalue weighted by Crippen LogP contribution is -2.26. The van der Waals surface area contributed by atoms with Gasteiger partial charge in [0.15, 0.2) is 5.78 Å². The molecule has 1 aromatic carbocycles. The molecule has 0 aliphatic rings. The molecule has 2 N–H and O–H groups in total. The number of carbonyl (C=O) groups excluding carboxylic acids is 2. The van der Waals surface area contributed by atoms with E-state index in [1.165, 1.54) is 0 Å². The molecule has 0 aliphatic carbocycles. The van der Waals surface area contributed by atoms with Crippen LogP contribution in [0.4, 0.5) is 0 Å². The quantitative estimate of drug-likeness (QED) is 0.748. The van der Waals surface area contributed by atoms with E-state index < -0.39 is 0 Å². The van der Waals surface area contributed by atoms with Crippen LogP contribution in [0, 0.1) is 13.8 Å². The zero-order chi connectivity index (χ0) is 13.5. The fourth-order valence-electron chi connectivity index (χ4n) is 1.68. The zero-order valence-corrected chi connectivity index (χ0v) is 10.8. The topological polar surface area (TPSA) is 66.4 Å². The monoisotopic (exact) mass is 249 g/mol. The zero-order valence-electron chi connectivity index (χ0n) is 10.8. The van der Waals surface area contributed by atoms with Gasteiger partial charge in [-0.15, -0.1) is 0 Å². The highest BCUT2D eigenvalue weighted by atomic mass is 16.3. The first-order valence-corrected chi connectivity index (χ1v) is 6.02. The number of carbonyl (C=O) groups is 2. The second-order valence-corrected chi connectivity index (χ2v) is 4.32. The van der Waals surface area contributed by atoms with Gasteiger partial charge in [0.1, 0.15) is 0 Å². The molecule has 0 heterocycles. The van der Waals surface area contributed by atoms with Crippen LogP contribution in [0.25, 0.3) is 0 Å². The second kappa shape index (κ2) is 6.91. The molecule has 0 atom stereocenters. The van der Waals surface area contributed by atoms with Crippen LogP contribution in [0.3, 0.4) is 0 Å². The van der Waals surface area contributed by atoms with Crippen LogP contribution in [0.2, 0.25) is 0 Å². The first kappa shape index (κ1) is 14.4. The van der Waals surface area contributed by atoms with Gasteiger partial charge in [-0.1, -0.05) is 17.7 Å². The summed E-state index contributed by atoms with van der Waals surface area (Å²) in [5, 5.41) is 11.1. The van der Waals surface area contributed by atoms with Crippen molar-refractivity contribution in [2.75, 3.05) is 13.2 Å².